The smallest absolute Gasteiger partial charge is 0.102 e. The van der Waals surface area contributed by atoms with E-state index in [2.05, 4.69) is 10.9 Å². The van der Waals surface area contributed by atoms with Crippen molar-refractivity contribution in [1.82, 2.24) is 10.9 Å². The number of aliphatic hydroxyl groups is 1. The first-order chi connectivity index (χ1) is 4.29. The number of hydrogen-bond donors (Lipinski definition) is 4. The van der Waals surface area contributed by atoms with Gasteiger partial charge in [0.25, 0.3) is 0 Å². The molecular formula is C5H13N3O. The molecule has 0 aromatic heterocycles. The second kappa shape index (κ2) is 3.12. The first-order valence-electron chi connectivity index (χ1n) is 3.21. The van der Waals surface area contributed by atoms with Gasteiger partial charge in [-0.05, 0) is 12.8 Å². The molecule has 1 heterocycles. The maximum Gasteiger partial charge on any atom is 0.102 e. The molecular weight excluding hydrogens is 118 g/mol. The summed E-state index contributed by atoms with van der Waals surface area (Å²) in [4.78, 5) is 0. The Morgan fingerprint density at radius 2 is 2.44 bits per heavy atom. The summed E-state index contributed by atoms with van der Waals surface area (Å²) in [6, 6.07) is 0.517. The van der Waals surface area contributed by atoms with Gasteiger partial charge in [0, 0.05) is 12.6 Å². The molecule has 1 aliphatic rings. The lowest BCUT2D eigenvalue weighted by Crippen LogP contribution is -2.59. The molecule has 0 aromatic carbocycles. The van der Waals surface area contributed by atoms with E-state index < -0.39 is 6.23 Å². The molecule has 1 aliphatic heterocycles. The summed E-state index contributed by atoms with van der Waals surface area (Å²) in [5.74, 6) is 0. The van der Waals surface area contributed by atoms with E-state index in [1.165, 1.54) is 0 Å². The maximum atomic E-state index is 8.65. The molecule has 2 unspecified atom stereocenters. The molecule has 2 atom stereocenters. The molecule has 0 aromatic rings. The van der Waals surface area contributed by atoms with Crippen molar-refractivity contribution >= 4 is 0 Å². The van der Waals surface area contributed by atoms with Gasteiger partial charge in [-0.2, -0.15) is 0 Å². The van der Waals surface area contributed by atoms with E-state index in [0.717, 1.165) is 13.0 Å². The Hall–Kier alpha value is -0.160. The average molecular weight is 131 g/mol. The van der Waals surface area contributed by atoms with Gasteiger partial charge in [-0.3, -0.25) is 10.9 Å². The molecule has 0 bridgehead atoms. The van der Waals surface area contributed by atoms with Crippen molar-refractivity contribution in [3.63, 3.8) is 0 Å². The predicted molar refractivity (Wildman–Crippen MR) is 34.4 cm³/mol. The minimum Gasteiger partial charge on any atom is -0.379 e. The highest BCUT2D eigenvalue weighted by molar-refractivity contribution is 4.74. The fourth-order valence-corrected chi connectivity index (χ4v) is 0.793. The molecule has 5 N–H and O–H groups in total. The van der Waals surface area contributed by atoms with Crippen molar-refractivity contribution in [3.8, 4) is 0 Å². The molecule has 0 aliphatic carbocycles. The van der Waals surface area contributed by atoms with Crippen LogP contribution in [0.5, 0.6) is 0 Å². The van der Waals surface area contributed by atoms with E-state index in [-0.39, 0.29) is 0 Å². The van der Waals surface area contributed by atoms with E-state index in [9.17, 15) is 0 Å². The van der Waals surface area contributed by atoms with Gasteiger partial charge in [-0.1, -0.05) is 0 Å². The van der Waals surface area contributed by atoms with Gasteiger partial charge in [-0.25, -0.2) is 0 Å². The largest absolute Gasteiger partial charge is 0.379 e. The van der Waals surface area contributed by atoms with Crippen molar-refractivity contribution in [2.45, 2.75) is 25.1 Å². The van der Waals surface area contributed by atoms with Gasteiger partial charge in [0.15, 0.2) is 0 Å². The highest BCUT2D eigenvalue weighted by Crippen LogP contribution is 2.00. The summed E-state index contributed by atoms with van der Waals surface area (Å²) in [6.45, 7) is 0.993. The molecule has 1 rings (SSSR count). The number of rotatable bonds is 3. The van der Waals surface area contributed by atoms with Gasteiger partial charge < -0.3 is 10.8 Å². The monoisotopic (exact) mass is 131 g/mol. The summed E-state index contributed by atoms with van der Waals surface area (Å²) in [5.41, 5.74) is 11.0. The topological polar surface area (TPSA) is 70.3 Å². The first kappa shape index (κ1) is 6.95. The van der Waals surface area contributed by atoms with Crippen LogP contribution in [-0.4, -0.2) is 23.9 Å². The SMILES string of the molecule is NC(O)CCC1CNN1. The molecule has 1 saturated heterocycles. The summed E-state index contributed by atoms with van der Waals surface area (Å²) in [7, 11) is 0. The molecule has 0 radical (unpaired) electrons. The summed E-state index contributed by atoms with van der Waals surface area (Å²) in [5, 5.41) is 8.65. The number of nitrogens with one attached hydrogen (secondary N) is 2. The molecule has 1 fully saturated rings. The lowest BCUT2D eigenvalue weighted by atomic mass is 10.1. The number of nitrogens with two attached hydrogens (primary N) is 1. The van der Waals surface area contributed by atoms with E-state index in [1.54, 1.807) is 0 Å². The van der Waals surface area contributed by atoms with Crippen LogP contribution in [0.25, 0.3) is 0 Å². The van der Waals surface area contributed by atoms with Crippen LogP contribution >= 0.6 is 0 Å². The quantitative estimate of drug-likeness (QED) is 0.353. The minimum absolute atomic E-state index is 0.517. The first-order valence-corrected chi connectivity index (χ1v) is 3.21. The maximum absolute atomic E-state index is 8.65. The van der Waals surface area contributed by atoms with Crippen molar-refractivity contribution < 1.29 is 5.11 Å². The van der Waals surface area contributed by atoms with Crippen LogP contribution in [0.1, 0.15) is 12.8 Å². The van der Waals surface area contributed by atoms with Crippen LogP contribution in [-0.2, 0) is 0 Å². The lowest BCUT2D eigenvalue weighted by molar-refractivity contribution is 0.153. The third kappa shape index (κ3) is 2.28. The Labute approximate surface area is 54.4 Å². The Balaban J connectivity index is 1.91. The highest BCUT2D eigenvalue weighted by Gasteiger charge is 2.15. The van der Waals surface area contributed by atoms with Crippen LogP contribution < -0.4 is 16.6 Å². The average Bonchev–Trinajstić information content (AvgIpc) is 1.60. The van der Waals surface area contributed by atoms with Crippen molar-refractivity contribution in [3.05, 3.63) is 0 Å². The Bertz CT molecular complexity index is 82.3. The third-order valence-corrected chi connectivity index (χ3v) is 1.47. The fourth-order valence-electron chi connectivity index (χ4n) is 0.793. The zero-order valence-electron chi connectivity index (χ0n) is 5.30. The Morgan fingerprint density at radius 1 is 1.78 bits per heavy atom. The standard InChI is InChI=1S/C5H13N3O/c6-5(9)2-1-4-3-7-8-4/h4-5,7-9H,1-3,6H2. The second-order valence-electron chi connectivity index (χ2n) is 2.37. The van der Waals surface area contributed by atoms with E-state index in [4.69, 9.17) is 10.8 Å². The zero-order chi connectivity index (χ0) is 6.69. The Kier molecular flexibility index (Phi) is 2.41. The van der Waals surface area contributed by atoms with Crippen LogP contribution in [0, 0.1) is 0 Å². The third-order valence-electron chi connectivity index (χ3n) is 1.47. The van der Waals surface area contributed by atoms with Gasteiger partial charge in [0.1, 0.15) is 6.23 Å². The van der Waals surface area contributed by atoms with E-state index >= 15 is 0 Å². The molecule has 0 amide bonds. The minimum atomic E-state index is -0.646. The molecule has 54 valence electrons. The van der Waals surface area contributed by atoms with Crippen LogP contribution in [0.4, 0.5) is 0 Å². The fraction of sp³-hybridized carbons (Fsp3) is 1.00. The van der Waals surface area contributed by atoms with Gasteiger partial charge in [0.2, 0.25) is 0 Å². The Morgan fingerprint density at radius 3 is 2.78 bits per heavy atom. The number of hydrazine groups is 1. The summed E-state index contributed by atoms with van der Waals surface area (Å²) < 4.78 is 0. The normalized spacial score (nSPS) is 29.3. The molecule has 9 heavy (non-hydrogen) atoms. The van der Waals surface area contributed by atoms with E-state index in [0.29, 0.717) is 12.5 Å². The van der Waals surface area contributed by atoms with Gasteiger partial charge in [0.05, 0.1) is 0 Å². The molecule has 0 saturated carbocycles. The molecule has 4 nitrogen and oxygen atoms in total. The van der Waals surface area contributed by atoms with Crippen molar-refractivity contribution in [1.29, 1.82) is 0 Å². The van der Waals surface area contributed by atoms with Crippen molar-refractivity contribution in [2.24, 2.45) is 5.73 Å². The number of aliphatic hydroxyl groups excluding tert-OH is 1. The zero-order valence-corrected chi connectivity index (χ0v) is 5.30. The summed E-state index contributed by atoms with van der Waals surface area (Å²) >= 11 is 0. The number of hydrogen-bond acceptors (Lipinski definition) is 4. The lowest BCUT2D eigenvalue weighted by Gasteiger charge is -2.28. The van der Waals surface area contributed by atoms with Gasteiger partial charge >= 0.3 is 0 Å². The van der Waals surface area contributed by atoms with E-state index in [1.807, 2.05) is 0 Å². The van der Waals surface area contributed by atoms with Crippen LogP contribution in [0.3, 0.4) is 0 Å². The summed E-state index contributed by atoms with van der Waals surface area (Å²) in [6.07, 6.45) is 0.983. The molecule has 0 spiro atoms. The highest BCUT2D eigenvalue weighted by atomic mass is 16.3. The predicted octanol–water partition coefficient (Wildman–Crippen LogP) is -1.48. The van der Waals surface area contributed by atoms with Crippen LogP contribution in [0.2, 0.25) is 0 Å². The van der Waals surface area contributed by atoms with Gasteiger partial charge in [-0.15, -0.1) is 0 Å². The second-order valence-corrected chi connectivity index (χ2v) is 2.37. The van der Waals surface area contributed by atoms with Crippen molar-refractivity contribution in [2.75, 3.05) is 6.54 Å². The molecule has 4 heteroatoms. The van der Waals surface area contributed by atoms with Crippen LogP contribution in [0.15, 0.2) is 0 Å².